The van der Waals surface area contributed by atoms with E-state index in [0.29, 0.717) is 17.0 Å². The molecule has 0 aliphatic heterocycles. The zero-order chi connectivity index (χ0) is 15.6. The van der Waals surface area contributed by atoms with Gasteiger partial charge in [0.15, 0.2) is 0 Å². The van der Waals surface area contributed by atoms with Crippen LogP contribution in [0.4, 0.5) is 5.69 Å². The van der Waals surface area contributed by atoms with Gasteiger partial charge < -0.3 is 11.5 Å². The van der Waals surface area contributed by atoms with Crippen molar-refractivity contribution in [2.24, 2.45) is 5.73 Å². The summed E-state index contributed by atoms with van der Waals surface area (Å²) in [6.45, 7) is 4.01. The van der Waals surface area contributed by atoms with Crippen LogP contribution >= 0.6 is 0 Å². The first-order chi connectivity index (χ1) is 9.88. The van der Waals surface area contributed by atoms with Gasteiger partial charge >= 0.3 is 0 Å². The van der Waals surface area contributed by atoms with Crippen LogP contribution in [-0.4, -0.2) is 10.1 Å². The molecule has 5 heteroatoms. The molecule has 110 valence electrons. The number of nitrogens with two attached hydrogens (primary N) is 2. The van der Waals surface area contributed by atoms with Gasteiger partial charge in [-0.05, 0) is 54.8 Å². The molecule has 1 atom stereocenters. The molecule has 0 heterocycles. The molecule has 0 fully saturated rings. The van der Waals surface area contributed by atoms with Crippen molar-refractivity contribution >= 4 is 22.4 Å². The number of benzene rings is 2. The lowest BCUT2D eigenvalue weighted by Crippen LogP contribution is -2.12. The minimum atomic E-state index is -1.18. The fraction of sp³-hybridized carbons (Fsp3) is 0.188. The van der Waals surface area contributed by atoms with Crippen LogP contribution in [0.5, 0.6) is 0 Å². The quantitative estimate of drug-likeness (QED) is 0.850. The second kappa shape index (κ2) is 6.10. The third kappa shape index (κ3) is 3.49. The zero-order valence-corrected chi connectivity index (χ0v) is 12.9. The molecule has 2 aromatic carbocycles. The van der Waals surface area contributed by atoms with Crippen molar-refractivity contribution in [3.05, 3.63) is 58.7 Å². The van der Waals surface area contributed by atoms with Crippen molar-refractivity contribution in [2.45, 2.75) is 24.5 Å². The summed E-state index contributed by atoms with van der Waals surface area (Å²) in [5, 5.41) is 0. The predicted molar refractivity (Wildman–Crippen MR) is 85.4 cm³/mol. The van der Waals surface area contributed by atoms with E-state index in [1.807, 2.05) is 32.0 Å². The van der Waals surface area contributed by atoms with Gasteiger partial charge in [-0.1, -0.05) is 12.1 Å². The number of rotatable bonds is 4. The van der Waals surface area contributed by atoms with Gasteiger partial charge in [0.05, 0.1) is 16.6 Å². The molecule has 0 radical (unpaired) electrons. The highest BCUT2D eigenvalue weighted by Crippen LogP contribution is 2.20. The number of amides is 1. The Kier molecular flexibility index (Phi) is 4.43. The van der Waals surface area contributed by atoms with Crippen molar-refractivity contribution in [3.63, 3.8) is 0 Å². The van der Waals surface area contributed by atoms with Gasteiger partial charge in [-0.25, -0.2) is 0 Å². The number of nitrogen functional groups attached to an aromatic ring is 1. The van der Waals surface area contributed by atoms with Gasteiger partial charge in [-0.15, -0.1) is 0 Å². The number of primary amides is 1. The van der Waals surface area contributed by atoms with Crippen LogP contribution in [0.1, 0.15) is 27.0 Å². The summed E-state index contributed by atoms with van der Waals surface area (Å²) < 4.78 is 12.4. The van der Waals surface area contributed by atoms with E-state index in [2.05, 4.69) is 0 Å². The maximum Gasteiger partial charge on any atom is 0.248 e. The largest absolute Gasteiger partial charge is 0.398 e. The van der Waals surface area contributed by atoms with E-state index in [4.69, 9.17) is 11.5 Å². The summed E-state index contributed by atoms with van der Waals surface area (Å²) in [6, 6.07) is 10.6. The monoisotopic (exact) mass is 302 g/mol. The number of hydrogen-bond donors (Lipinski definition) is 2. The van der Waals surface area contributed by atoms with Gasteiger partial charge in [0.1, 0.15) is 0 Å². The molecule has 0 aliphatic carbocycles. The molecule has 2 aromatic rings. The lowest BCUT2D eigenvalue weighted by molar-refractivity contribution is 0.100. The summed E-state index contributed by atoms with van der Waals surface area (Å²) in [6.07, 6.45) is 0. The molecule has 0 saturated heterocycles. The highest BCUT2D eigenvalue weighted by atomic mass is 32.2. The van der Waals surface area contributed by atoms with Crippen molar-refractivity contribution in [1.82, 2.24) is 0 Å². The Morgan fingerprint density at radius 2 is 1.81 bits per heavy atom. The second-order valence-corrected chi connectivity index (χ2v) is 6.46. The topological polar surface area (TPSA) is 86.2 Å². The maximum atomic E-state index is 12.4. The van der Waals surface area contributed by atoms with Crippen LogP contribution in [-0.2, 0) is 16.6 Å². The standard InChI is InChI=1S/C16H18N2O2S/c1-10-3-6-14(7-11(10)2)21(20)9-13-5-4-12(16(18)19)8-15(13)17/h3-8H,9,17H2,1-2H3,(H2,18,19). The Morgan fingerprint density at radius 1 is 1.10 bits per heavy atom. The van der Waals surface area contributed by atoms with Crippen LogP contribution < -0.4 is 11.5 Å². The summed E-state index contributed by atoms with van der Waals surface area (Å²) >= 11 is 0. The number of carbonyl (C=O) groups excluding carboxylic acids is 1. The minimum Gasteiger partial charge on any atom is -0.398 e. The minimum absolute atomic E-state index is 0.313. The Bertz CT molecular complexity index is 726. The number of carbonyl (C=O) groups is 1. The van der Waals surface area contributed by atoms with Gasteiger partial charge in [0, 0.05) is 16.1 Å². The number of aryl methyl sites for hydroxylation is 2. The molecule has 0 aromatic heterocycles. The van der Waals surface area contributed by atoms with Gasteiger partial charge in [-0.3, -0.25) is 9.00 Å². The smallest absolute Gasteiger partial charge is 0.248 e. The first kappa shape index (κ1) is 15.3. The van der Waals surface area contributed by atoms with Gasteiger partial charge in [0.25, 0.3) is 0 Å². The zero-order valence-electron chi connectivity index (χ0n) is 12.1. The molecule has 21 heavy (non-hydrogen) atoms. The first-order valence-corrected chi connectivity index (χ1v) is 7.84. The fourth-order valence-electron chi connectivity index (χ4n) is 1.96. The number of anilines is 1. The fourth-order valence-corrected chi connectivity index (χ4v) is 3.20. The van der Waals surface area contributed by atoms with Crippen molar-refractivity contribution < 1.29 is 9.00 Å². The van der Waals surface area contributed by atoms with E-state index in [0.717, 1.165) is 16.0 Å². The van der Waals surface area contributed by atoms with Crippen LogP contribution in [0.2, 0.25) is 0 Å². The molecular formula is C16H18N2O2S. The van der Waals surface area contributed by atoms with Crippen molar-refractivity contribution in [1.29, 1.82) is 0 Å². The van der Waals surface area contributed by atoms with E-state index < -0.39 is 16.7 Å². The van der Waals surface area contributed by atoms with E-state index in [1.165, 1.54) is 11.6 Å². The van der Waals surface area contributed by atoms with E-state index in [1.54, 1.807) is 12.1 Å². The molecular weight excluding hydrogens is 284 g/mol. The molecule has 0 aliphatic rings. The Labute approximate surface area is 126 Å². The normalized spacial score (nSPS) is 12.1. The van der Waals surface area contributed by atoms with E-state index >= 15 is 0 Å². The Balaban J connectivity index is 2.23. The SMILES string of the molecule is Cc1ccc(S(=O)Cc2ccc(C(N)=O)cc2N)cc1C. The lowest BCUT2D eigenvalue weighted by Gasteiger charge is -2.08. The summed E-state index contributed by atoms with van der Waals surface area (Å²) in [5.41, 5.74) is 14.9. The molecule has 4 N–H and O–H groups in total. The summed E-state index contributed by atoms with van der Waals surface area (Å²) in [7, 11) is -1.18. The lowest BCUT2D eigenvalue weighted by atomic mass is 10.1. The highest BCUT2D eigenvalue weighted by molar-refractivity contribution is 7.84. The Hall–Kier alpha value is -2.14. The maximum absolute atomic E-state index is 12.4. The van der Waals surface area contributed by atoms with Crippen molar-refractivity contribution in [2.75, 3.05) is 5.73 Å². The third-order valence-corrected chi connectivity index (χ3v) is 4.81. The molecule has 0 bridgehead atoms. The van der Waals surface area contributed by atoms with Crippen LogP contribution in [0.3, 0.4) is 0 Å². The molecule has 4 nitrogen and oxygen atoms in total. The van der Waals surface area contributed by atoms with Crippen molar-refractivity contribution in [3.8, 4) is 0 Å². The highest BCUT2D eigenvalue weighted by Gasteiger charge is 2.10. The average Bonchev–Trinajstić information content (AvgIpc) is 2.43. The summed E-state index contributed by atoms with van der Waals surface area (Å²) in [5.74, 6) is -0.212. The predicted octanol–water partition coefficient (Wildman–Crippen LogP) is 2.29. The van der Waals surface area contributed by atoms with Gasteiger partial charge in [0.2, 0.25) is 5.91 Å². The van der Waals surface area contributed by atoms with Crippen LogP contribution in [0.15, 0.2) is 41.3 Å². The van der Waals surface area contributed by atoms with Crippen LogP contribution in [0, 0.1) is 13.8 Å². The third-order valence-electron chi connectivity index (χ3n) is 3.46. The number of hydrogen-bond acceptors (Lipinski definition) is 3. The molecule has 2 rings (SSSR count). The second-order valence-electron chi connectivity index (χ2n) is 5.01. The van der Waals surface area contributed by atoms with E-state index in [-0.39, 0.29) is 0 Å². The molecule has 1 amide bonds. The summed E-state index contributed by atoms with van der Waals surface area (Å²) in [4.78, 5) is 11.9. The van der Waals surface area contributed by atoms with E-state index in [9.17, 15) is 9.00 Å². The molecule has 0 saturated carbocycles. The first-order valence-electron chi connectivity index (χ1n) is 6.52. The Morgan fingerprint density at radius 3 is 2.38 bits per heavy atom. The molecule has 0 spiro atoms. The van der Waals surface area contributed by atoms with Crippen LogP contribution in [0.25, 0.3) is 0 Å². The van der Waals surface area contributed by atoms with Gasteiger partial charge in [-0.2, -0.15) is 0 Å². The molecule has 1 unspecified atom stereocenters. The average molecular weight is 302 g/mol.